The molecule has 1 aromatic carbocycles. The molecule has 0 bridgehead atoms. The molecule has 0 unspecified atom stereocenters. The van der Waals surface area contributed by atoms with Gasteiger partial charge in [0.25, 0.3) is 0 Å². The van der Waals surface area contributed by atoms with E-state index in [1.165, 1.54) is 13.3 Å². The normalized spacial score (nSPS) is 10.4. The summed E-state index contributed by atoms with van der Waals surface area (Å²) >= 11 is 0. The van der Waals surface area contributed by atoms with E-state index in [1.54, 1.807) is 6.07 Å². The molecular formula is C13H14N2O3. The Balaban J connectivity index is 2.72. The molecule has 0 aliphatic carbocycles. The molecular weight excluding hydrogens is 232 g/mol. The van der Waals surface area contributed by atoms with Crippen LogP contribution >= 0.6 is 0 Å². The van der Waals surface area contributed by atoms with Gasteiger partial charge >= 0.3 is 5.97 Å². The molecule has 1 N–H and O–H groups in total. The Morgan fingerprint density at radius 2 is 2.06 bits per heavy atom. The Hall–Kier alpha value is -2.30. The van der Waals surface area contributed by atoms with Gasteiger partial charge in [-0.15, -0.1) is 0 Å². The van der Waals surface area contributed by atoms with Gasteiger partial charge in [0, 0.05) is 36.9 Å². The number of aromatic amines is 1. The molecule has 0 radical (unpaired) electrons. The fourth-order valence-electron chi connectivity index (χ4n) is 1.75. The molecule has 0 spiro atoms. The molecule has 0 saturated carbocycles. The van der Waals surface area contributed by atoms with Gasteiger partial charge in [0.05, 0.1) is 7.11 Å². The van der Waals surface area contributed by atoms with Crippen LogP contribution in [0.5, 0.6) is 0 Å². The molecule has 0 aliphatic rings. The van der Waals surface area contributed by atoms with Gasteiger partial charge in [0.15, 0.2) is 0 Å². The Labute approximate surface area is 104 Å². The minimum Gasteiger partial charge on any atom is -0.465 e. The summed E-state index contributed by atoms with van der Waals surface area (Å²) in [7, 11) is 5.03. The largest absolute Gasteiger partial charge is 0.465 e. The number of hydrogen-bond donors (Lipinski definition) is 1. The summed E-state index contributed by atoms with van der Waals surface area (Å²) in [5, 5.41) is 0.476. The summed E-state index contributed by atoms with van der Waals surface area (Å²) in [6.45, 7) is 0. The zero-order valence-electron chi connectivity index (χ0n) is 10.5. The maximum Gasteiger partial charge on any atom is 0.343 e. The number of hydrogen-bond acceptors (Lipinski definition) is 4. The Kier molecular flexibility index (Phi) is 3.06. The van der Waals surface area contributed by atoms with Crippen molar-refractivity contribution in [1.29, 1.82) is 0 Å². The predicted octanol–water partition coefficient (Wildman–Crippen LogP) is 1.38. The average Bonchev–Trinajstić information content (AvgIpc) is 2.38. The van der Waals surface area contributed by atoms with Gasteiger partial charge in [0.2, 0.25) is 5.43 Å². The van der Waals surface area contributed by atoms with Gasteiger partial charge in [-0.05, 0) is 18.2 Å². The lowest BCUT2D eigenvalue weighted by molar-refractivity contribution is 0.0599. The number of nitrogens with zero attached hydrogens (tertiary/aromatic N) is 1. The first-order valence-corrected chi connectivity index (χ1v) is 5.45. The smallest absolute Gasteiger partial charge is 0.343 e. The van der Waals surface area contributed by atoms with Crippen molar-refractivity contribution in [3.8, 4) is 0 Å². The van der Waals surface area contributed by atoms with Crippen molar-refractivity contribution in [1.82, 2.24) is 4.98 Å². The summed E-state index contributed by atoms with van der Waals surface area (Å²) in [6, 6.07) is 5.46. The van der Waals surface area contributed by atoms with Crippen LogP contribution in [0.15, 0.2) is 29.2 Å². The average molecular weight is 246 g/mol. The maximum absolute atomic E-state index is 12.2. The number of methoxy groups -OCH3 is 1. The van der Waals surface area contributed by atoms with Crippen LogP contribution in [0.2, 0.25) is 0 Å². The summed E-state index contributed by atoms with van der Waals surface area (Å²) in [6.07, 6.45) is 1.38. The van der Waals surface area contributed by atoms with E-state index in [9.17, 15) is 9.59 Å². The van der Waals surface area contributed by atoms with E-state index in [2.05, 4.69) is 9.72 Å². The highest BCUT2D eigenvalue weighted by atomic mass is 16.5. The lowest BCUT2D eigenvalue weighted by Crippen LogP contribution is -2.17. The first kappa shape index (κ1) is 12.2. The second kappa shape index (κ2) is 4.52. The molecule has 94 valence electrons. The van der Waals surface area contributed by atoms with Crippen molar-refractivity contribution >= 4 is 22.6 Å². The Bertz CT molecular complexity index is 659. The quantitative estimate of drug-likeness (QED) is 0.813. The van der Waals surface area contributed by atoms with Crippen molar-refractivity contribution in [2.75, 3.05) is 26.1 Å². The molecule has 1 heterocycles. The molecule has 0 atom stereocenters. The topological polar surface area (TPSA) is 62.4 Å². The highest BCUT2D eigenvalue weighted by Crippen LogP contribution is 2.17. The third-order valence-corrected chi connectivity index (χ3v) is 2.79. The van der Waals surface area contributed by atoms with Crippen molar-refractivity contribution in [2.45, 2.75) is 0 Å². The molecule has 2 rings (SSSR count). The standard InChI is InChI=1S/C13H14N2O3/c1-15(2)8-4-5-11-9(6-8)12(16)10(7-14-11)13(17)18-3/h4-7H,1-3H3,(H,14,16). The number of pyridine rings is 1. The van der Waals surface area contributed by atoms with E-state index in [0.717, 1.165) is 5.69 Å². The third kappa shape index (κ3) is 1.95. The number of benzene rings is 1. The molecule has 2 aromatic rings. The molecule has 0 fully saturated rings. The lowest BCUT2D eigenvalue weighted by atomic mass is 10.1. The summed E-state index contributed by atoms with van der Waals surface area (Å²) in [5.74, 6) is -0.631. The zero-order chi connectivity index (χ0) is 13.3. The Morgan fingerprint density at radius 1 is 1.33 bits per heavy atom. The van der Waals surface area contributed by atoms with E-state index in [-0.39, 0.29) is 11.0 Å². The van der Waals surface area contributed by atoms with Crippen LogP contribution in [0.1, 0.15) is 10.4 Å². The number of aromatic nitrogens is 1. The minimum atomic E-state index is -0.631. The molecule has 0 saturated heterocycles. The number of carbonyl (C=O) groups is 1. The molecule has 5 heteroatoms. The van der Waals surface area contributed by atoms with Crippen LogP contribution in [0.25, 0.3) is 10.9 Å². The lowest BCUT2D eigenvalue weighted by Gasteiger charge is -2.12. The van der Waals surface area contributed by atoms with Crippen molar-refractivity contribution in [3.05, 3.63) is 40.2 Å². The predicted molar refractivity (Wildman–Crippen MR) is 70.2 cm³/mol. The second-order valence-corrected chi connectivity index (χ2v) is 4.15. The van der Waals surface area contributed by atoms with E-state index < -0.39 is 5.97 Å². The number of carbonyl (C=O) groups excluding carboxylic acids is 1. The van der Waals surface area contributed by atoms with Gasteiger partial charge in [0.1, 0.15) is 5.56 Å². The Morgan fingerprint density at radius 3 is 2.67 bits per heavy atom. The van der Waals surface area contributed by atoms with E-state index in [4.69, 9.17) is 0 Å². The van der Waals surface area contributed by atoms with E-state index in [1.807, 2.05) is 31.1 Å². The molecule has 1 aromatic heterocycles. The fraction of sp³-hybridized carbons (Fsp3) is 0.231. The van der Waals surface area contributed by atoms with Gasteiger partial charge in [-0.25, -0.2) is 4.79 Å². The minimum absolute atomic E-state index is 0.0147. The number of ether oxygens (including phenoxy) is 1. The van der Waals surface area contributed by atoms with Crippen LogP contribution in [0.3, 0.4) is 0 Å². The number of esters is 1. The zero-order valence-corrected chi connectivity index (χ0v) is 10.5. The molecule has 0 aliphatic heterocycles. The number of anilines is 1. The van der Waals surface area contributed by atoms with Gasteiger partial charge in [-0.1, -0.05) is 0 Å². The molecule has 5 nitrogen and oxygen atoms in total. The first-order valence-electron chi connectivity index (χ1n) is 5.45. The highest BCUT2D eigenvalue weighted by Gasteiger charge is 2.13. The van der Waals surface area contributed by atoms with Crippen molar-refractivity contribution < 1.29 is 9.53 Å². The van der Waals surface area contributed by atoms with Gasteiger partial charge in [-0.3, -0.25) is 4.79 Å². The summed E-state index contributed by atoms with van der Waals surface area (Å²) in [5.41, 5.74) is 1.29. The van der Waals surface area contributed by atoms with Crippen molar-refractivity contribution in [2.24, 2.45) is 0 Å². The van der Waals surface area contributed by atoms with Crippen LogP contribution in [-0.4, -0.2) is 32.2 Å². The summed E-state index contributed by atoms with van der Waals surface area (Å²) in [4.78, 5) is 28.4. The van der Waals surface area contributed by atoms with Crippen LogP contribution in [-0.2, 0) is 4.74 Å². The van der Waals surface area contributed by atoms with Crippen LogP contribution < -0.4 is 10.3 Å². The van der Waals surface area contributed by atoms with Gasteiger partial charge in [-0.2, -0.15) is 0 Å². The van der Waals surface area contributed by atoms with E-state index in [0.29, 0.717) is 10.9 Å². The van der Waals surface area contributed by atoms with Crippen LogP contribution in [0.4, 0.5) is 5.69 Å². The van der Waals surface area contributed by atoms with Crippen LogP contribution in [0, 0.1) is 0 Å². The second-order valence-electron chi connectivity index (χ2n) is 4.15. The third-order valence-electron chi connectivity index (χ3n) is 2.79. The SMILES string of the molecule is COC(=O)c1c[nH]c2ccc(N(C)C)cc2c1=O. The van der Waals surface area contributed by atoms with Gasteiger partial charge < -0.3 is 14.6 Å². The maximum atomic E-state index is 12.2. The van der Waals surface area contributed by atoms with E-state index >= 15 is 0 Å². The fourth-order valence-corrected chi connectivity index (χ4v) is 1.75. The number of H-pyrrole nitrogens is 1. The molecule has 18 heavy (non-hydrogen) atoms. The highest BCUT2D eigenvalue weighted by molar-refractivity contribution is 5.94. The molecule has 0 amide bonds. The van der Waals surface area contributed by atoms with Crippen molar-refractivity contribution in [3.63, 3.8) is 0 Å². The number of fused-ring (bicyclic) bond motifs is 1. The summed E-state index contributed by atoms with van der Waals surface area (Å²) < 4.78 is 4.57. The number of rotatable bonds is 2. The number of nitrogens with one attached hydrogen (secondary N) is 1. The monoisotopic (exact) mass is 246 g/mol. The first-order chi connectivity index (χ1) is 8.54.